The highest BCUT2D eigenvalue weighted by Crippen LogP contribution is 2.16. The third kappa shape index (κ3) is 2.94. The zero-order valence-electron chi connectivity index (χ0n) is 10.6. The van der Waals surface area contributed by atoms with Gasteiger partial charge in [-0.15, -0.1) is 0 Å². The summed E-state index contributed by atoms with van der Waals surface area (Å²) < 4.78 is 30.7. The minimum atomic E-state index is -3.55. The van der Waals surface area contributed by atoms with Gasteiger partial charge < -0.3 is 10.1 Å². The molecule has 0 amide bonds. The summed E-state index contributed by atoms with van der Waals surface area (Å²) in [4.78, 5) is 11.7. The number of hydrogen-bond donors (Lipinski definition) is 1. The number of ether oxygens (including phenoxy) is 1. The molecule has 7 heteroatoms. The molecule has 1 aromatic carbocycles. The number of hydrogen-bond acceptors (Lipinski definition) is 5. The molecule has 1 N–H and O–H groups in total. The predicted octanol–water partition coefficient (Wildman–Crippen LogP) is -0.178. The monoisotopic (exact) mass is 284 g/mol. The summed E-state index contributed by atoms with van der Waals surface area (Å²) in [7, 11) is -2.26. The smallest absolute Gasteiger partial charge is 0.324 e. The van der Waals surface area contributed by atoms with E-state index in [9.17, 15) is 13.2 Å². The zero-order chi connectivity index (χ0) is 13.9. The molecule has 104 valence electrons. The van der Waals surface area contributed by atoms with Gasteiger partial charge in [0.1, 0.15) is 6.04 Å². The van der Waals surface area contributed by atoms with Crippen LogP contribution in [0.4, 0.5) is 0 Å². The number of benzene rings is 1. The Morgan fingerprint density at radius 3 is 2.68 bits per heavy atom. The molecule has 1 aliphatic rings. The Labute approximate surface area is 112 Å². The van der Waals surface area contributed by atoms with E-state index in [-0.39, 0.29) is 11.4 Å². The van der Waals surface area contributed by atoms with E-state index in [2.05, 4.69) is 10.1 Å². The van der Waals surface area contributed by atoms with Crippen molar-refractivity contribution < 1.29 is 17.9 Å². The summed E-state index contributed by atoms with van der Waals surface area (Å²) in [6.07, 6.45) is 0. The molecule has 1 heterocycles. The van der Waals surface area contributed by atoms with Gasteiger partial charge in [-0.05, 0) is 12.1 Å². The average molecular weight is 284 g/mol. The molecular formula is C12H16N2O4S. The molecule has 0 radical (unpaired) electrons. The van der Waals surface area contributed by atoms with E-state index < -0.39 is 22.0 Å². The van der Waals surface area contributed by atoms with Crippen molar-refractivity contribution in [2.24, 2.45) is 0 Å². The van der Waals surface area contributed by atoms with Gasteiger partial charge in [0.2, 0.25) is 10.0 Å². The van der Waals surface area contributed by atoms with Gasteiger partial charge >= 0.3 is 5.97 Å². The van der Waals surface area contributed by atoms with Crippen LogP contribution in [0.15, 0.2) is 35.2 Å². The lowest BCUT2D eigenvalue weighted by atomic mass is 10.2. The van der Waals surface area contributed by atoms with Gasteiger partial charge in [-0.25, -0.2) is 8.42 Å². The van der Waals surface area contributed by atoms with E-state index in [1.165, 1.54) is 11.4 Å². The Morgan fingerprint density at radius 1 is 1.37 bits per heavy atom. The number of nitrogens with one attached hydrogen (secondary N) is 1. The Balaban J connectivity index is 2.20. The molecule has 1 aliphatic heterocycles. The van der Waals surface area contributed by atoms with Crippen molar-refractivity contribution in [1.82, 2.24) is 9.62 Å². The molecule has 1 aromatic rings. The van der Waals surface area contributed by atoms with Crippen LogP contribution in [0.25, 0.3) is 0 Å². The van der Waals surface area contributed by atoms with E-state index in [4.69, 9.17) is 0 Å². The number of piperazine rings is 1. The summed E-state index contributed by atoms with van der Waals surface area (Å²) in [5.74, 6) is -0.451. The van der Waals surface area contributed by atoms with Crippen LogP contribution < -0.4 is 5.32 Å². The highest BCUT2D eigenvalue weighted by molar-refractivity contribution is 7.89. The first-order valence-electron chi connectivity index (χ1n) is 5.92. The molecule has 19 heavy (non-hydrogen) atoms. The molecule has 0 aromatic heterocycles. The van der Waals surface area contributed by atoms with Crippen molar-refractivity contribution in [1.29, 1.82) is 0 Å². The van der Waals surface area contributed by atoms with Crippen LogP contribution in [0.3, 0.4) is 0 Å². The van der Waals surface area contributed by atoms with Crippen molar-refractivity contribution in [2.75, 3.05) is 26.7 Å². The third-order valence-corrected chi connectivity index (χ3v) is 4.88. The molecule has 2 rings (SSSR count). The number of esters is 1. The first-order chi connectivity index (χ1) is 9.05. The molecule has 1 atom stereocenters. The number of rotatable bonds is 3. The number of carbonyl (C=O) groups is 1. The number of nitrogens with zero attached hydrogens (tertiary/aromatic N) is 1. The zero-order valence-corrected chi connectivity index (χ0v) is 11.4. The van der Waals surface area contributed by atoms with Gasteiger partial charge in [0, 0.05) is 19.6 Å². The van der Waals surface area contributed by atoms with Gasteiger partial charge in [0.15, 0.2) is 0 Å². The molecule has 1 fully saturated rings. The quantitative estimate of drug-likeness (QED) is 0.779. The second kappa shape index (κ2) is 5.68. The van der Waals surface area contributed by atoms with Crippen LogP contribution in [0, 0.1) is 0 Å². The predicted molar refractivity (Wildman–Crippen MR) is 69.0 cm³/mol. The van der Waals surface area contributed by atoms with Crippen molar-refractivity contribution in [2.45, 2.75) is 10.9 Å². The molecule has 1 saturated heterocycles. The molecule has 0 aliphatic carbocycles. The van der Waals surface area contributed by atoms with Crippen LogP contribution in [0.1, 0.15) is 0 Å². The maximum Gasteiger partial charge on any atom is 0.324 e. The second-order valence-corrected chi connectivity index (χ2v) is 6.14. The van der Waals surface area contributed by atoms with Crippen LogP contribution in [-0.4, -0.2) is 51.5 Å². The fourth-order valence-electron chi connectivity index (χ4n) is 1.98. The van der Waals surface area contributed by atoms with Gasteiger partial charge in [-0.3, -0.25) is 4.79 Å². The first kappa shape index (κ1) is 14.0. The summed E-state index contributed by atoms with van der Waals surface area (Å²) in [6, 6.07) is 7.58. The molecule has 0 unspecified atom stereocenters. The lowest BCUT2D eigenvalue weighted by Crippen LogP contribution is -2.55. The van der Waals surface area contributed by atoms with Crippen LogP contribution in [0.5, 0.6) is 0 Å². The third-order valence-electron chi connectivity index (χ3n) is 3.00. The minimum Gasteiger partial charge on any atom is -0.468 e. The van der Waals surface area contributed by atoms with Gasteiger partial charge in [-0.1, -0.05) is 18.2 Å². The van der Waals surface area contributed by atoms with Crippen LogP contribution in [0.2, 0.25) is 0 Å². The highest BCUT2D eigenvalue weighted by atomic mass is 32.2. The molecule has 0 spiro atoms. The van der Waals surface area contributed by atoms with Gasteiger partial charge in [0.05, 0.1) is 12.0 Å². The van der Waals surface area contributed by atoms with E-state index in [1.54, 1.807) is 30.3 Å². The topological polar surface area (TPSA) is 75.7 Å². The standard InChI is InChI=1S/C12H16N2O4S/c1-18-12(15)11-9-14(8-7-13-11)19(16,17)10-5-3-2-4-6-10/h2-6,11,13H,7-9H2,1H3/t11-/m0/s1. The van der Waals surface area contributed by atoms with E-state index in [0.717, 1.165) is 0 Å². The Bertz CT molecular complexity index is 544. The molecular weight excluding hydrogens is 268 g/mol. The SMILES string of the molecule is COC(=O)[C@@H]1CN(S(=O)(=O)c2ccccc2)CCN1. The molecule has 0 saturated carbocycles. The van der Waals surface area contributed by atoms with Crippen LogP contribution in [-0.2, 0) is 19.6 Å². The van der Waals surface area contributed by atoms with Crippen molar-refractivity contribution >= 4 is 16.0 Å². The summed E-state index contributed by atoms with van der Waals surface area (Å²) >= 11 is 0. The summed E-state index contributed by atoms with van der Waals surface area (Å²) in [5, 5.41) is 2.94. The van der Waals surface area contributed by atoms with Crippen molar-refractivity contribution in [3.63, 3.8) is 0 Å². The average Bonchev–Trinajstić information content (AvgIpc) is 2.47. The van der Waals surface area contributed by atoms with E-state index in [1.807, 2.05) is 0 Å². The normalized spacial score (nSPS) is 21.0. The number of carbonyl (C=O) groups excluding carboxylic acids is 1. The fourth-order valence-corrected chi connectivity index (χ4v) is 3.46. The lowest BCUT2D eigenvalue weighted by Gasteiger charge is -2.31. The Hall–Kier alpha value is -1.44. The minimum absolute atomic E-state index is 0.0872. The second-order valence-electron chi connectivity index (χ2n) is 4.21. The molecule has 0 bridgehead atoms. The van der Waals surface area contributed by atoms with E-state index >= 15 is 0 Å². The lowest BCUT2D eigenvalue weighted by molar-refractivity contribution is -0.143. The summed E-state index contributed by atoms with van der Waals surface area (Å²) in [5.41, 5.74) is 0. The van der Waals surface area contributed by atoms with Crippen LogP contribution >= 0.6 is 0 Å². The highest BCUT2D eigenvalue weighted by Gasteiger charge is 2.33. The van der Waals surface area contributed by atoms with Crippen molar-refractivity contribution in [3.05, 3.63) is 30.3 Å². The Kier molecular flexibility index (Phi) is 4.18. The largest absolute Gasteiger partial charge is 0.468 e. The van der Waals surface area contributed by atoms with Gasteiger partial charge in [-0.2, -0.15) is 4.31 Å². The van der Waals surface area contributed by atoms with Gasteiger partial charge in [0.25, 0.3) is 0 Å². The number of sulfonamides is 1. The van der Waals surface area contributed by atoms with Crippen molar-refractivity contribution in [3.8, 4) is 0 Å². The Morgan fingerprint density at radius 2 is 2.05 bits per heavy atom. The fraction of sp³-hybridized carbons (Fsp3) is 0.417. The first-order valence-corrected chi connectivity index (χ1v) is 7.36. The maximum absolute atomic E-state index is 12.4. The number of methoxy groups -OCH3 is 1. The maximum atomic E-state index is 12.4. The van der Waals surface area contributed by atoms with E-state index in [0.29, 0.717) is 13.1 Å². The molecule has 6 nitrogen and oxygen atoms in total. The summed E-state index contributed by atoms with van der Waals surface area (Å²) in [6.45, 7) is 0.848.